The Kier molecular flexibility index (Phi) is 8.88. The number of hydrogen-bond acceptors (Lipinski definition) is 1. The van der Waals surface area contributed by atoms with E-state index in [1.165, 1.54) is 64.2 Å². The highest BCUT2D eigenvalue weighted by molar-refractivity contribution is 5.09. The maximum atomic E-state index is 10.3. The van der Waals surface area contributed by atoms with Gasteiger partial charge in [-0.25, -0.2) is 0 Å². The zero-order chi connectivity index (χ0) is 23.7. The van der Waals surface area contributed by atoms with Crippen molar-refractivity contribution in [2.45, 2.75) is 139 Å². The first kappa shape index (κ1) is 26.6. The molecule has 0 aromatic heterocycles. The van der Waals surface area contributed by atoms with Crippen LogP contribution in [0.2, 0.25) is 0 Å². The van der Waals surface area contributed by atoms with Gasteiger partial charge in [0.25, 0.3) is 0 Å². The molecule has 32 heavy (non-hydrogen) atoms. The molecule has 0 spiro atoms. The second kappa shape index (κ2) is 10.7. The molecule has 0 aliphatic heterocycles. The highest BCUT2D eigenvalue weighted by atomic mass is 16.3. The van der Waals surface area contributed by atoms with E-state index in [4.69, 9.17) is 0 Å². The summed E-state index contributed by atoms with van der Waals surface area (Å²) < 4.78 is 0. The fourth-order valence-electron chi connectivity index (χ4n) is 9.85. The smallest absolute Gasteiger partial charge is 0.0543 e. The standard InChI is InChI=1S/C29H52O.C2H6/c1-19(2)24(20(3)4)9-7-8-21-11-13-26-25-12-10-22-18-23(30)14-16-29(22,6)27(25)15-17-28(21,26)5;1-2/h19-27,30H,7-18H2,1-6H3;1-2H3. The molecular formula is C31H58O. The molecule has 0 aromatic carbocycles. The van der Waals surface area contributed by atoms with Gasteiger partial charge in [0.1, 0.15) is 0 Å². The fraction of sp³-hybridized carbons (Fsp3) is 1.00. The van der Waals surface area contributed by atoms with Gasteiger partial charge < -0.3 is 5.11 Å². The molecule has 1 nitrogen and oxygen atoms in total. The Morgan fingerprint density at radius 3 is 2.06 bits per heavy atom. The summed E-state index contributed by atoms with van der Waals surface area (Å²) in [5.41, 5.74) is 1.16. The van der Waals surface area contributed by atoms with Gasteiger partial charge in [0.15, 0.2) is 0 Å². The van der Waals surface area contributed by atoms with Crippen molar-refractivity contribution in [3.05, 3.63) is 0 Å². The zero-order valence-electron chi connectivity index (χ0n) is 23.1. The quantitative estimate of drug-likeness (QED) is 0.431. The monoisotopic (exact) mass is 446 g/mol. The van der Waals surface area contributed by atoms with Crippen LogP contribution in [0.4, 0.5) is 0 Å². The Morgan fingerprint density at radius 1 is 0.781 bits per heavy atom. The summed E-state index contributed by atoms with van der Waals surface area (Å²) in [6.45, 7) is 19.1. The highest BCUT2D eigenvalue weighted by Crippen LogP contribution is 2.67. The molecule has 0 aromatic rings. The van der Waals surface area contributed by atoms with E-state index in [1.54, 1.807) is 0 Å². The highest BCUT2D eigenvalue weighted by Gasteiger charge is 2.59. The molecule has 4 rings (SSSR count). The molecule has 0 bridgehead atoms. The van der Waals surface area contributed by atoms with E-state index in [9.17, 15) is 5.11 Å². The summed E-state index contributed by atoms with van der Waals surface area (Å²) in [6, 6.07) is 0. The van der Waals surface area contributed by atoms with E-state index in [0.29, 0.717) is 10.8 Å². The Balaban J connectivity index is 0.00000141. The van der Waals surface area contributed by atoms with Crippen molar-refractivity contribution in [3.8, 4) is 0 Å². The van der Waals surface area contributed by atoms with E-state index in [-0.39, 0.29) is 6.10 Å². The van der Waals surface area contributed by atoms with E-state index >= 15 is 0 Å². The van der Waals surface area contributed by atoms with Crippen LogP contribution in [-0.2, 0) is 0 Å². The van der Waals surface area contributed by atoms with Crippen LogP contribution in [0.25, 0.3) is 0 Å². The molecule has 1 heteroatoms. The molecule has 8 unspecified atom stereocenters. The maximum Gasteiger partial charge on any atom is 0.0543 e. The topological polar surface area (TPSA) is 20.2 Å². The lowest BCUT2D eigenvalue weighted by Gasteiger charge is -2.61. The summed E-state index contributed by atoms with van der Waals surface area (Å²) in [4.78, 5) is 0. The van der Waals surface area contributed by atoms with Gasteiger partial charge in [0, 0.05) is 0 Å². The maximum absolute atomic E-state index is 10.3. The number of aliphatic hydroxyl groups is 1. The first-order valence-electron chi connectivity index (χ1n) is 14.8. The predicted molar refractivity (Wildman–Crippen MR) is 140 cm³/mol. The lowest BCUT2D eigenvalue weighted by atomic mass is 9.44. The molecule has 0 saturated heterocycles. The number of fused-ring (bicyclic) bond motifs is 5. The van der Waals surface area contributed by atoms with Gasteiger partial charge in [-0.15, -0.1) is 0 Å². The fourth-order valence-corrected chi connectivity index (χ4v) is 9.85. The summed E-state index contributed by atoms with van der Waals surface area (Å²) in [7, 11) is 0. The molecule has 188 valence electrons. The van der Waals surface area contributed by atoms with Crippen molar-refractivity contribution >= 4 is 0 Å². The van der Waals surface area contributed by atoms with E-state index < -0.39 is 0 Å². The summed E-state index contributed by atoms with van der Waals surface area (Å²) >= 11 is 0. The third-order valence-corrected chi connectivity index (χ3v) is 11.6. The van der Waals surface area contributed by atoms with Gasteiger partial charge in [-0.1, -0.05) is 61.8 Å². The zero-order valence-corrected chi connectivity index (χ0v) is 23.1. The Bertz CT molecular complexity index is 573. The molecular weight excluding hydrogens is 388 g/mol. The van der Waals surface area contributed by atoms with E-state index in [0.717, 1.165) is 60.2 Å². The molecule has 0 amide bonds. The van der Waals surface area contributed by atoms with Crippen molar-refractivity contribution in [1.29, 1.82) is 0 Å². The van der Waals surface area contributed by atoms with Gasteiger partial charge in [-0.3, -0.25) is 0 Å². The normalized spacial score (nSPS) is 43.5. The second-order valence-electron chi connectivity index (χ2n) is 13.5. The largest absolute Gasteiger partial charge is 0.393 e. The van der Waals surface area contributed by atoms with Gasteiger partial charge in [-0.05, 0) is 129 Å². The third kappa shape index (κ3) is 4.85. The van der Waals surface area contributed by atoms with Crippen molar-refractivity contribution in [3.63, 3.8) is 0 Å². The summed E-state index contributed by atoms with van der Waals surface area (Å²) in [5, 5.41) is 10.3. The van der Waals surface area contributed by atoms with Crippen LogP contribution in [0, 0.1) is 58.2 Å². The average molecular weight is 447 g/mol. The Morgan fingerprint density at radius 2 is 1.41 bits per heavy atom. The first-order chi connectivity index (χ1) is 15.2. The number of hydrogen-bond donors (Lipinski definition) is 1. The van der Waals surface area contributed by atoms with Crippen molar-refractivity contribution in [1.82, 2.24) is 0 Å². The van der Waals surface area contributed by atoms with Crippen LogP contribution >= 0.6 is 0 Å². The van der Waals surface area contributed by atoms with Crippen LogP contribution in [-0.4, -0.2) is 11.2 Å². The van der Waals surface area contributed by atoms with Gasteiger partial charge in [0.05, 0.1) is 6.10 Å². The molecule has 4 aliphatic carbocycles. The molecule has 0 radical (unpaired) electrons. The lowest BCUT2D eigenvalue weighted by molar-refractivity contribution is -0.127. The number of aliphatic hydroxyl groups excluding tert-OH is 1. The molecule has 1 N–H and O–H groups in total. The summed E-state index contributed by atoms with van der Waals surface area (Å²) in [6.07, 6.45) is 16.7. The van der Waals surface area contributed by atoms with Gasteiger partial charge in [0.2, 0.25) is 0 Å². The van der Waals surface area contributed by atoms with E-state index in [2.05, 4.69) is 41.5 Å². The van der Waals surface area contributed by atoms with E-state index in [1.807, 2.05) is 13.8 Å². The minimum Gasteiger partial charge on any atom is -0.393 e. The Hall–Kier alpha value is -0.0400. The average Bonchev–Trinajstić information content (AvgIpc) is 3.09. The van der Waals surface area contributed by atoms with Crippen LogP contribution in [0.15, 0.2) is 0 Å². The minimum atomic E-state index is -0.00940. The Labute approximate surface area is 201 Å². The molecule has 0 heterocycles. The molecule has 4 fully saturated rings. The first-order valence-corrected chi connectivity index (χ1v) is 14.8. The lowest BCUT2D eigenvalue weighted by Crippen LogP contribution is -2.53. The van der Waals surface area contributed by atoms with Crippen LogP contribution in [0.5, 0.6) is 0 Å². The van der Waals surface area contributed by atoms with Gasteiger partial charge in [-0.2, -0.15) is 0 Å². The van der Waals surface area contributed by atoms with Crippen molar-refractivity contribution in [2.75, 3.05) is 0 Å². The predicted octanol–water partition coefficient (Wildman–Crippen LogP) is 9.13. The van der Waals surface area contributed by atoms with Crippen molar-refractivity contribution in [2.24, 2.45) is 58.2 Å². The number of rotatable bonds is 6. The van der Waals surface area contributed by atoms with Crippen molar-refractivity contribution < 1.29 is 5.11 Å². The van der Waals surface area contributed by atoms with Crippen LogP contribution in [0.1, 0.15) is 132 Å². The van der Waals surface area contributed by atoms with Gasteiger partial charge >= 0.3 is 0 Å². The molecule has 4 saturated carbocycles. The molecule has 4 aliphatic rings. The van der Waals surface area contributed by atoms with Crippen LogP contribution < -0.4 is 0 Å². The third-order valence-electron chi connectivity index (χ3n) is 11.6. The summed E-state index contributed by atoms with van der Waals surface area (Å²) in [5.74, 6) is 7.29. The minimum absolute atomic E-state index is 0.00940. The SMILES string of the molecule is CC.CC(C)C(CCCC1CCC2C3CCC4CC(O)CCC4(C)C3CCC12C)C(C)C. The second-order valence-corrected chi connectivity index (χ2v) is 13.5. The molecule has 8 atom stereocenters. The van der Waals surface area contributed by atoms with Crippen LogP contribution in [0.3, 0.4) is 0 Å².